The van der Waals surface area contributed by atoms with Crippen molar-refractivity contribution in [1.29, 1.82) is 0 Å². The van der Waals surface area contributed by atoms with Crippen LogP contribution in [-0.2, 0) is 18.4 Å². The van der Waals surface area contributed by atoms with E-state index in [9.17, 15) is 9.59 Å². The Balaban J connectivity index is 1.97. The maximum atomic E-state index is 11.9. The summed E-state index contributed by atoms with van der Waals surface area (Å²) in [5, 5.41) is 15.3. The molecule has 0 aliphatic rings. The molecule has 2 aromatic rings. The molecule has 2 rings (SSSR count). The highest BCUT2D eigenvalue weighted by Crippen LogP contribution is 2.03. The Morgan fingerprint density at radius 3 is 2.76 bits per heavy atom. The molecule has 2 heterocycles. The van der Waals surface area contributed by atoms with Crippen molar-refractivity contribution in [3.05, 3.63) is 53.6 Å². The SMILES string of the molecule is Cn1nccc1CNC(=O)c1ccc(C=CC(=O)O)cn1. The molecule has 0 aromatic carbocycles. The van der Waals surface area contributed by atoms with E-state index in [1.54, 1.807) is 30.1 Å². The molecule has 0 fully saturated rings. The van der Waals surface area contributed by atoms with Crippen LogP contribution < -0.4 is 5.32 Å². The predicted molar refractivity (Wildman–Crippen MR) is 75.3 cm³/mol. The standard InChI is InChI=1S/C14H14N4O3/c1-18-11(6-7-17-18)9-16-14(21)12-4-2-10(8-15-12)3-5-13(19)20/h2-8H,9H2,1H3,(H,16,21)(H,19,20). The van der Waals surface area contributed by atoms with Crippen LogP contribution in [0.1, 0.15) is 21.7 Å². The minimum atomic E-state index is -1.03. The quantitative estimate of drug-likeness (QED) is 0.794. The van der Waals surface area contributed by atoms with Gasteiger partial charge in [0, 0.05) is 25.5 Å². The van der Waals surface area contributed by atoms with Gasteiger partial charge in [-0.3, -0.25) is 14.5 Å². The van der Waals surface area contributed by atoms with Crippen molar-refractivity contribution in [3.8, 4) is 0 Å². The van der Waals surface area contributed by atoms with Crippen LogP contribution in [0.3, 0.4) is 0 Å². The highest BCUT2D eigenvalue weighted by molar-refractivity contribution is 5.92. The molecule has 0 aliphatic heterocycles. The number of hydrogen-bond donors (Lipinski definition) is 2. The van der Waals surface area contributed by atoms with Crippen LogP contribution in [0, 0.1) is 0 Å². The summed E-state index contributed by atoms with van der Waals surface area (Å²) >= 11 is 0. The maximum absolute atomic E-state index is 11.9. The van der Waals surface area contributed by atoms with Crippen molar-refractivity contribution in [2.24, 2.45) is 7.05 Å². The summed E-state index contributed by atoms with van der Waals surface area (Å²) in [5.74, 6) is -1.34. The van der Waals surface area contributed by atoms with Gasteiger partial charge in [0.1, 0.15) is 5.69 Å². The zero-order chi connectivity index (χ0) is 15.2. The molecule has 21 heavy (non-hydrogen) atoms. The normalized spacial score (nSPS) is 10.7. The van der Waals surface area contributed by atoms with Crippen molar-refractivity contribution in [1.82, 2.24) is 20.1 Å². The summed E-state index contributed by atoms with van der Waals surface area (Å²) in [6.07, 6.45) is 5.52. The molecular weight excluding hydrogens is 272 g/mol. The summed E-state index contributed by atoms with van der Waals surface area (Å²) in [6, 6.07) is 4.99. The zero-order valence-electron chi connectivity index (χ0n) is 11.4. The number of aliphatic carboxylic acids is 1. The van der Waals surface area contributed by atoms with Gasteiger partial charge in [-0.2, -0.15) is 5.10 Å². The van der Waals surface area contributed by atoms with Crippen molar-refractivity contribution < 1.29 is 14.7 Å². The van der Waals surface area contributed by atoms with Crippen LogP contribution in [0.15, 0.2) is 36.7 Å². The van der Waals surface area contributed by atoms with Crippen LogP contribution in [0.5, 0.6) is 0 Å². The fourth-order valence-corrected chi connectivity index (χ4v) is 1.64. The molecule has 0 saturated carbocycles. The highest BCUT2D eigenvalue weighted by Gasteiger charge is 2.07. The molecule has 2 aromatic heterocycles. The number of pyridine rings is 1. The number of carbonyl (C=O) groups excluding carboxylic acids is 1. The zero-order valence-corrected chi connectivity index (χ0v) is 11.4. The first-order chi connectivity index (χ1) is 10.1. The molecular formula is C14H14N4O3. The van der Waals surface area contributed by atoms with Crippen LogP contribution >= 0.6 is 0 Å². The molecule has 2 N–H and O–H groups in total. The number of aryl methyl sites for hydroxylation is 1. The third kappa shape index (κ3) is 4.00. The second-order valence-electron chi connectivity index (χ2n) is 4.28. The van der Waals surface area contributed by atoms with E-state index in [1.165, 1.54) is 12.3 Å². The smallest absolute Gasteiger partial charge is 0.328 e. The van der Waals surface area contributed by atoms with Crippen molar-refractivity contribution >= 4 is 18.0 Å². The Labute approximate surface area is 120 Å². The minimum Gasteiger partial charge on any atom is -0.478 e. The summed E-state index contributed by atoms with van der Waals surface area (Å²) < 4.78 is 1.67. The Hall–Kier alpha value is -2.96. The fraction of sp³-hybridized carbons (Fsp3) is 0.143. The van der Waals surface area contributed by atoms with Gasteiger partial charge in [-0.15, -0.1) is 0 Å². The lowest BCUT2D eigenvalue weighted by Crippen LogP contribution is -2.24. The largest absolute Gasteiger partial charge is 0.478 e. The Morgan fingerprint density at radius 2 is 2.19 bits per heavy atom. The molecule has 1 amide bonds. The van der Waals surface area contributed by atoms with Gasteiger partial charge < -0.3 is 10.4 Å². The van der Waals surface area contributed by atoms with E-state index in [-0.39, 0.29) is 11.6 Å². The van der Waals surface area contributed by atoms with E-state index >= 15 is 0 Å². The number of aromatic nitrogens is 3. The topological polar surface area (TPSA) is 97.1 Å². The first-order valence-corrected chi connectivity index (χ1v) is 6.18. The second kappa shape index (κ2) is 6.47. The predicted octanol–water partition coefficient (Wildman–Crippen LogP) is 0.843. The minimum absolute atomic E-state index is 0.268. The summed E-state index contributed by atoms with van der Waals surface area (Å²) in [7, 11) is 1.79. The molecule has 7 heteroatoms. The summed E-state index contributed by atoms with van der Waals surface area (Å²) in [4.78, 5) is 26.3. The molecule has 0 saturated heterocycles. The van der Waals surface area contributed by atoms with Crippen LogP contribution in [0.4, 0.5) is 0 Å². The third-order valence-corrected chi connectivity index (χ3v) is 2.79. The van der Waals surface area contributed by atoms with Gasteiger partial charge in [-0.05, 0) is 23.8 Å². The molecule has 0 atom stereocenters. The molecule has 0 aliphatic carbocycles. The van der Waals surface area contributed by atoms with Crippen molar-refractivity contribution in [2.75, 3.05) is 0 Å². The number of rotatable bonds is 5. The van der Waals surface area contributed by atoms with Gasteiger partial charge in [0.05, 0.1) is 12.2 Å². The Morgan fingerprint density at radius 1 is 1.38 bits per heavy atom. The fourth-order valence-electron chi connectivity index (χ4n) is 1.64. The average molecular weight is 286 g/mol. The molecule has 7 nitrogen and oxygen atoms in total. The van der Waals surface area contributed by atoms with Crippen LogP contribution in [-0.4, -0.2) is 31.7 Å². The van der Waals surface area contributed by atoms with Crippen LogP contribution in [0.25, 0.3) is 6.08 Å². The van der Waals surface area contributed by atoms with E-state index in [4.69, 9.17) is 5.11 Å². The van der Waals surface area contributed by atoms with E-state index < -0.39 is 5.97 Å². The van der Waals surface area contributed by atoms with E-state index in [0.717, 1.165) is 11.8 Å². The average Bonchev–Trinajstić information content (AvgIpc) is 2.88. The molecule has 0 spiro atoms. The second-order valence-corrected chi connectivity index (χ2v) is 4.28. The van der Waals surface area contributed by atoms with E-state index in [1.807, 2.05) is 6.07 Å². The van der Waals surface area contributed by atoms with Crippen LogP contribution in [0.2, 0.25) is 0 Å². The van der Waals surface area contributed by atoms with Crippen molar-refractivity contribution in [2.45, 2.75) is 6.54 Å². The lowest BCUT2D eigenvalue weighted by molar-refractivity contribution is -0.131. The van der Waals surface area contributed by atoms with E-state index in [0.29, 0.717) is 12.1 Å². The number of hydrogen-bond acceptors (Lipinski definition) is 4. The number of nitrogens with one attached hydrogen (secondary N) is 1. The molecule has 108 valence electrons. The van der Waals surface area contributed by atoms with Gasteiger partial charge >= 0.3 is 5.97 Å². The van der Waals surface area contributed by atoms with Gasteiger partial charge in [0.25, 0.3) is 5.91 Å². The van der Waals surface area contributed by atoms with Gasteiger partial charge in [-0.25, -0.2) is 4.79 Å². The first-order valence-electron chi connectivity index (χ1n) is 6.18. The number of carboxylic acids is 1. The van der Waals surface area contributed by atoms with Gasteiger partial charge in [0.15, 0.2) is 0 Å². The number of carbonyl (C=O) groups is 2. The number of amides is 1. The first kappa shape index (κ1) is 14.4. The monoisotopic (exact) mass is 286 g/mol. The third-order valence-electron chi connectivity index (χ3n) is 2.79. The highest BCUT2D eigenvalue weighted by atomic mass is 16.4. The van der Waals surface area contributed by atoms with Gasteiger partial charge in [0.2, 0.25) is 0 Å². The lowest BCUT2D eigenvalue weighted by atomic mass is 10.2. The van der Waals surface area contributed by atoms with Crippen molar-refractivity contribution in [3.63, 3.8) is 0 Å². The van der Waals surface area contributed by atoms with E-state index in [2.05, 4.69) is 15.4 Å². The molecule has 0 radical (unpaired) electrons. The number of carboxylic acid groups (broad SMARTS) is 1. The number of nitrogens with zero attached hydrogens (tertiary/aromatic N) is 3. The molecule has 0 unspecified atom stereocenters. The lowest BCUT2D eigenvalue weighted by Gasteiger charge is -2.05. The molecule has 0 bridgehead atoms. The summed E-state index contributed by atoms with van der Waals surface area (Å²) in [5.41, 5.74) is 1.76. The Bertz CT molecular complexity index is 674. The maximum Gasteiger partial charge on any atom is 0.328 e. The van der Waals surface area contributed by atoms with Gasteiger partial charge in [-0.1, -0.05) is 6.07 Å². The Kier molecular flexibility index (Phi) is 4.45. The summed E-state index contributed by atoms with van der Waals surface area (Å²) in [6.45, 7) is 0.359.